The standard InChI is InChI=1S/C19H29NO/c1-15(2)20-13-19(11-17-8-9-18(19)10-17)14-21-12-16-6-4-3-5-7-16/h3-7,15,17-18,20H,8-14H2,1-2H3. The van der Waals surface area contributed by atoms with Gasteiger partial charge in [-0.1, -0.05) is 50.6 Å². The van der Waals surface area contributed by atoms with Crippen LogP contribution in [0.15, 0.2) is 30.3 Å². The van der Waals surface area contributed by atoms with Gasteiger partial charge in [-0.05, 0) is 36.7 Å². The molecule has 2 heteroatoms. The first-order valence-electron chi connectivity index (χ1n) is 8.53. The molecule has 0 amide bonds. The van der Waals surface area contributed by atoms with Crippen LogP contribution in [0.2, 0.25) is 0 Å². The zero-order valence-electron chi connectivity index (χ0n) is 13.5. The number of benzene rings is 1. The Labute approximate surface area is 129 Å². The minimum absolute atomic E-state index is 0.391. The molecule has 3 rings (SSSR count). The molecule has 0 aromatic heterocycles. The maximum atomic E-state index is 6.15. The molecule has 0 radical (unpaired) electrons. The number of ether oxygens (including phenoxy) is 1. The number of rotatable bonds is 7. The average Bonchev–Trinajstić information content (AvgIpc) is 3.07. The summed E-state index contributed by atoms with van der Waals surface area (Å²) in [4.78, 5) is 0. The highest BCUT2D eigenvalue weighted by atomic mass is 16.5. The second kappa shape index (κ2) is 6.50. The minimum Gasteiger partial charge on any atom is -0.376 e. The zero-order valence-corrected chi connectivity index (χ0v) is 13.5. The first-order chi connectivity index (χ1) is 10.2. The van der Waals surface area contributed by atoms with Crippen LogP contribution < -0.4 is 5.32 Å². The molecule has 2 saturated carbocycles. The Morgan fingerprint density at radius 1 is 1.24 bits per heavy atom. The third-order valence-corrected chi connectivity index (χ3v) is 5.47. The van der Waals surface area contributed by atoms with Crippen LogP contribution in [0, 0.1) is 17.3 Å². The van der Waals surface area contributed by atoms with E-state index in [-0.39, 0.29) is 0 Å². The summed E-state index contributed by atoms with van der Waals surface area (Å²) in [5, 5.41) is 3.68. The Kier molecular flexibility index (Phi) is 4.66. The maximum absolute atomic E-state index is 6.15. The summed E-state index contributed by atoms with van der Waals surface area (Å²) in [5.74, 6) is 1.84. The van der Waals surface area contributed by atoms with Crippen molar-refractivity contribution in [3.05, 3.63) is 35.9 Å². The smallest absolute Gasteiger partial charge is 0.0717 e. The van der Waals surface area contributed by atoms with Crippen molar-refractivity contribution in [3.63, 3.8) is 0 Å². The van der Waals surface area contributed by atoms with Crippen LogP contribution in [0.5, 0.6) is 0 Å². The van der Waals surface area contributed by atoms with Crippen molar-refractivity contribution < 1.29 is 4.74 Å². The Morgan fingerprint density at radius 3 is 2.67 bits per heavy atom. The third kappa shape index (κ3) is 3.49. The van der Waals surface area contributed by atoms with E-state index in [0.29, 0.717) is 11.5 Å². The van der Waals surface area contributed by atoms with Crippen LogP contribution in [-0.4, -0.2) is 19.2 Å². The molecular formula is C19H29NO. The first kappa shape index (κ1) is 15.1. The molecule has 3 atom stereocenters. The third-order valence-electron chi connectivity index (χ3n) is 5.47. The van der Waals surface area contributed by atoms with Crippen LogP contribution in [-0.2, 0) is 11.3 Å². The summed E-state index contributed by atoms with van der Waals surface area (Å²) in [7, 11) is 0. The highest BCUT2D eigenvalue weighted by Gasteiger charge is 2.50. The normalized spacial score (nSPS) is 31.2. The summed E-state index contributed by atoms with van der Waals surface area (Å²) < 4.78 is 6.15. The molecule has 0 aliphatic heterocycles. The van der Waals surface area contributed by atoms with Gasteiger partial charge in [0.15, 0.2) is 0 Å². The summed E-state index contributed by atoms with van der Waals surface area (Å²) in [6.45, 7) is 7.28. The average molecular weight is 287 g/mol. The van der Waals surface area contributed by atoms with E-state index in [2.05, 4.69) is 49.5 Å². The van der Waals surface area contributed by atoms with Gasteiger partial charge in [0.25, 0.3) is 0 Å². The summed E-state index contributed by atoms with van der Waals surface area (Å²) in [6, 6.07) is 11.1. The van der Waals surface area contributed by atoms with Crippen molar-refractivity contribution in [1.29, 1.82) is 0 Å². The van der Waals surface area contributed by atoms with E-state index in [9.17, 15) is 0 Å². The Hall–Kier alpha value is -0.860. The van der Waals surface area contributed by atoms with Gasteiger partial charge in [-0.15, -0.1) is 0 Å². The molecule has 2 nitrogen and oxygen atoms in total. The van der Waals surface area contributed by atoms with Gasteiger partial charge in [0.05, 0.1) is 13.2 Å². The predicted molar refractivity (Wildman–Crippen MR) is 87.1 cm³/mol. The van der Waals surface area contributed by atoms with Crippen LogP contribution in [0.4, 0.5) is 0 Å². The van der Waals surface area contributed by atoms with Gasteiger partial charge in [-0.2, -0.15) is 0 Å². The molecular weight excluding hydrogens is 258 g/mol. The van der Waals surface area contributed by atoms with Gasteiger partial charge in [-0.3, -0.25) is 0 Å². The largest absolute Gasteiger partial charge is 0.376 e. The van der Waals surface area contributed by atoms with E-state index in [4.69, 9.17) is 4.74 Å². The van der Waals surface area contributed by atoms with Crippen molar-refractivity contribution in [3.8, 4) is 0 Å². The summed E-state index contributed by atoms with van der Waals surface area (Å²) in [5.41, 5.74) is 1.68. The number of hydrogen-bond acceptors (Lipinski definition) is 2. The molecule has 0 heterocycles. The topological polar surface area (TPSA) is 21.3 Å². The molecule has 2 fully saturated rings. The summed E-state index contributed by atoms with van der Waals surface area (Å²) in [6.07, 6.45) is 5.67. The quantitative estimate of drug-likeness (QED) is 0.818. The van der Waals surface area contributed by atoms with E-state index in [1.54, 1.807) is 0 Å². The lowest BCUT2D eigenvalue weighted by Gasteiger charge is -2.38. The predicted octanol–water partition coefficient (Wildman–Crippen LogP) is 4.01. The SMILES string of the molecule is CC(C)NCC1(COCc2ccccc2)CC2CCC1C2. The molecule has 3 unspecified atom stereocenters. The van der Waals surface area contributed by atoms with Crippen molar-refractivity contribution in [2.45, 2.75) is 52.2 Å². The van der Waals surface area contributed by atoms with Crippen molar-refractivity contribution in [1.82, 2.24) is 5.32 Å². The van der Waals surface area contributed by atoms with E-state index < -0.39 is 0 Å². The Bertz CT molecular complexity index is 444. The van der Waals surface area contributed by atoms with E-state index in [1.165, 1.54) is 31.2 Å². The number of hydrogen-bond donors (Lipinski definition) is 1. The highest BCUT2D eigenvalue weighted by Crippen LogP contribution is 2.55. The van der Waals surface area contributed by atoms with Gasteiger partial charge in [0.2, 0.25) is 0 Å². The highest BCUT2D eigenvalue weighted by molar-refractivity contribution is 5.13. The monoisotopic (exact) mass is 287 g/mol. The van der Waals surface area contributed by atoms with Crippen LogP contribution >= 0.6 is 0 Å². The molecule has 0 saturated heterocycles. The van der Waals surface area contributed by atoms with Gasteiger partial charge >= 0.3 is 0 Å². The lowest BCUT2D eigenvalue weighted by atomic mass is 9.73. The van der Waals surface area contributed by atoms with Crippen molar-refractivity contribution in [2.75, 3.05) is 13.2 Å². The van der Waals surface area contributed by atoms with E-state index >= 15 is 0 Å². The van der Waals surface area contributed by atoms with E-state index in [1.807, 2.05) is 0 Å². The Morgan fingerprint density at radius 2 is 2.05 bits per heavy atom. The fraction of sp³-hybridized carbons (Fsp3) is 0.684. The van der Waals surface area contributed by atoms with Crippen LogP contribution in [0.3, 0.4) is 0 Å². The molecule has 2 aliphatic rings. The van der Waals surface area contributed by atoms with Crippen molar-refractivity contribution >= 4 is 0 Å². The second-order valence-corrected chi connectivity index (χ2v) is 7.46. The molecule has 1 N–H and O–H groups in total. The first-order valence-corrected chi connectivity index (χ1v) is 8.53. The molecule has 21 heavy (non-hydrogen) atoms. The molecule has 1 aromatic carbocycles. The lowest BCUT2D eigenvalue weighted by Crippen LogP contribution is -2.44. The fourth-order valence-electron chi connectivity index (χ4n) is 4.36. The second-order valence-electron chi connectivity index (χ2n) is 7.46. The number of nitrogens with one attached hydrogen (secondary N) is 1. The van der Waals surface area contributed by atoms with Crippen molar-refractivity contribution in [2.24, 2.45) is 17.3 Å². The zero-order chi connectivity index (χ0) is 14.7. The Balaban J connectivity index is 1.58. The molecule has 2 bridgehead atoms. The maximum Gasteiger partial charge on any atom is 0.0717 e. The summed E-state index contributed by atoms with van der Waals surface area (Å²) >= 11 is 0. The molecule has 1 aromatic rings. The molecule has 0 spiro atoms. The minimum atomic E-state index is 0.391. The van der Waals surface area contributed by atoms with Gasteiger partial charge in [0, 0.05) is 18.0 Å². The molecule has 2 aliphatic carbocycles. The van der Waals surface area contributed by atoms with Gasteiger partial charge in [-0.25, -0.2) is 0 Å². The van der Waals surface area contributed by atoms with Gasteiger partial charge < -0.3 is 10.1 Å². The number of fused-ring (bicyclic) bond motifs is 2. The lowest BCUT2D eigenvalue weighted by molar-refractivity contribution is -0.000356. The molecule has 116 valence electrons. The van der Waals surface area contributed by atoms with Crippen LogP contribution in [0.1, 0.15) is 45.1 Å². The van der Waals surface area contributed by atoms with Gasteiger partial charge in [0.1, 0.15) is 0 Å². The fourth-order valence-corrected chi connectivity index (χ4v) is 4.36. The van der Waals surface area contributed by atoms with Crippen LogP contribution in [0.25, 0.3) is 0 Å². The van der Waals surface area contributed by atoms with E-state index in [0.717, 1.165) is 31.6 Å².